The molecule has 0 amide bonds. The lowest BCUT2D eigenvalue weighted by Crippen LogP contribution is -2.41. The van der Waals surface area contributed by atoms with Gasteiger partial charge in [0.05, 0.1) is 50.8 Å². The first-order valence-electron chi connectivity index (χ1n) is 20.0. The second kappa shape index (κ2) is 13.0. The van der Waals surface area contributed by atoms with Crippen molar-refractivity contribution in [3.8, 4) is 34.1 Å². The van der Waals surface area contributed by atoms with Gasteiger partial charge in [0.25, 0.3) is 0 Å². The van der Waals surface area contributed by atoms with Crippen LogP contribution in [0.1, 0.15) is 55.4 Å². The van der Waals surface area contributed by atoms with Gasteiger partial charge in [0.1, 0.15) is 0 Å². The third-order valence-corrected chi connectivity index (χ3v) is 12.7. The SMILES string of the molecule is CC1(C)OB(c2cc(-c3ccc(B4OC(C)(C)C(C)(C)O4)cc3N3c4ccccc4Oc4ccccc43)cc(N3c4ccccc4Oc4ccccc43)c2)OC1(C)C. The Kier molecular flexibility index (Phi) is 8.25. The Morgan fingerprint density at radius 3 is 1.22 bits per heavy atom. The molecule has 0 saturated carbocycles. The van der Waals surface area contributed by atoms with Gasteiger partial charge in [0.15, 0.2) is 23.0 Å². The lowest BCUT2D eigenvalue weighted by molar-refractivity contribution is 0.00578. The minimum Gasteiger partial charge on any atom is -0.453 e. The van der Waals surface area contributed by atoms with Crippen molar-refractivity contribution in [2.45, 2.75) is 77.8 Å². The van der Waals surface area contributed by atoms with Crippen LogP contribution in [0.3, 0.4) is 0 Å². The van der Waals surface area contributed by atoms with Crippen LogP contribution in [-0.4, -0.2) is 36.6 Å². The van der Waals surface area contributed by atoms with Gasteiger partial charge in [-0.1, -0.05) is 66.7 Å². The van der Waals surface area contributed by atoms with Crippen LogP contribution in [0.5, 0.6) is 23.0 Å². The van der Waals surface area contributed by atoms with Crippen LogP contribution >= 0.6 is 0 Å². The van der Waals surface area contributed by atoms with Crippen LogP contribution in [-0.2, 0) is 18.6 Å². The molecule has 2 fully saturated rings. The molecular weight excluding hydrogens is 722 g/mol. The summed E-state index contributed by atoms with van der Waals surface area (Å²) in [5.41, 5.74) is 7.28. The lowest BCUT2D eigenvalue weighted by Gasteiger charge is -2.35. The van der Waals surface area contributed by atoms with Gasteiger partial charge in [-0.25, -0.2) is 0 Å². The van der Waals surface area contributed by atoms with Gasteiger partial charge < -0.3 is 37.9 Å². The van der Waals surface area contributed by atoms with E-state index in [0.29, 0.717) is 0 Å². The third-order valence-electron chi connectivity index (χ3n) is 12.7. The molecule has 4 aliphatic rings. The Labute approximate surface area is 341 Å². The van der Waals surface area contributed by atoms with Crippen LogP contribution in [0.25, 0.3) is 11.1 Å². The fourth-order valence-corrected chi connectivity index (χ4v) is 8.08. The summed E-state index contributed by atoms with van der Waals surface area (Å²) in [5, 5.41) is 0. The summed E-state index contributed by atoms with van der Waals surface area (Å²) >= 11 is 0. The molecule has 0 spiro atoms. The highest BCUT2D eigenvalue weighted by Gasteiger charge is 2.53. The molecule has 0 radical (unpaired) electrons. The Bertz CT molecular complexity index is 2480. The van der Waals surface area contributed by atoms with E-state index in [4.69, 9.17) is 28.1 Å². The first-order chi connectivity index (χ1) is 27.7. The third kappa shape index (κ3) is 5.84. The van der Waals surface area contributed by atoms with E-state index in [1.165, 1.54) is 0 Å². The summed E-state index contributed by atoms with van der Waals surface area (Å²) in [4.78, 5) is 4.56. The molecule has 290 valence electrons. The summed E-state index contributed by atoms with van der Waals surface area (Å²) in [6, 6.07) is 45.8. The van der Waals surface area contributed by atoms with Crippen LogP contribution in [0.2, 0.25) is 0 Å². The largest absolute Gasteiger partial charge is 0.494 e. The molecule has 6 aromatic carbocycles. The predicted octanol–water partition coefficient (Wildman–Crippen LogP) is 11.1. The van der Waals surface area contributed by atoms with E-state index in [2.05, 4.69) is 126 Å². The molecule has 4 heterocycles. The number of benzene rings is 6. The molecule has 4 aliphatic heterocycles. The maximum atomic E-state index is 6.76. The number of hydrogen-bond donors (Lipinski definition) is 0. The van der Waals surface area contributed by atoms with Gasteiger partial charge in [-0.05, 0) is 139 Å². The number of para-hydroxylation sites is 8. The molecule has 8 nitrogen and oxygen atoms in total. The van der Waals surface area contributed by atoms with E-state index in [9.17, 15) is 0 Å². The normalized spacial score (nSPS) is 19.1. The van der Waals surface area contributed by atoms with E-state index in [0.717, 1.165) is 79.2 Å². The van der Waals surface area contributed by atoms with Gasteiger partial charge in [0, 0.05) is 11.3 Å². The second-order valence-corrected chi connectivity index (χ2v) is 17.5. The molecular formula is C48H46B2N2O6. The maximum Gasteiger partial charge on any atom is 0.494 e. The fraction of sp³-hybridized carbons (Fsp3) is 0.250. The molecule has 6 aromatic rings. The van der Waals surface area contributed by atoms with Gasteiger partial charge in [-0.3, -0.25) is 0 Å². The molecule has 0 unspecified atom stereocenters. The molecule has 0 atom stereocenters. The van der Waals surface area contributed by atoms with Gasteiger partial charge >= 0.3 is 14.2 Å². The quantitative estimate of drug-likeness (QED) is 0.160. The fourth-order valence-electron chi connectivity index (χ4n) is 8.08. The maximum absolute atomic E-state index is 6.76. The van der Waals surface area contributed by atoms with E-state index < -0.39 is 36.6 Å². The number of ether oxygens (including phenoxy) is 2. The molecule has 0 N–H and O–H groups in total. The molecule has 58 heavy (non-hydrogen) atoms. The zero-order valence-electron chi connectivity index (χ0n) is 34.2. The molecule has 2 saturated heterocycles. The van der Waals surface area contributed by atoms with Crippen molar-refractivity contribution in [3.05, 3.63) is 133 Å². The number of rotatable bonds is 5. The van der Waals surface area contributed by atoms with Crippen molar-refractivity contribution in [2.75, 3.05) is 9.80 Å². The lowest BCUT2D eigenvalue weighted by atomic mass is 9.76. The highest BCUT2D eigenvalue weighted by molar-refractivity contribution is 6.63. The van der Waals surface area contributed by atoms with Crippen LogP contribution in [0.4, 0.5) is 34.1 Å². The van der Waals surface area contributed by atoms with Crippen molar-refractivity contribution >= 4 is 59.3 Å². The zero-order valence-corrected chi connectivity index (χ0v) is 34.2. The number of nitrogens with zero attached hydrogens (tertiary/aromatic N) is 2. The predicted molar refractivity (Wildman–Crippen MR) is 233 cm³/mol. The minimum absolute atomic E-state index is 0.508. The molecule has 0 aromatic heterocycles. The van der Waals surface area contributed by atoms with Crippen molar-refractivity contribution in [2.24, 2.45) is 0 Å². The van der Waals surface area contributed by atoms with E-state index in [1.54, 1.807) is 0 Å². The standard InChI is InChI=1S/C48H46B2N2O6/c1-45(2)46(3,4)56-49(55-45)32-25-26-35(40(30-32)52-38-19-11-15-23-43(38)54-44-24-16-12-20-39(44)52)31-27-33(50-57-47(5,6)48(7,8)58-50)29-34(28-31)51-36-17-9-13-21-41(36)53-42-22-14-10-18-37(42)51/h9-30H,1-8H3. The average molecular weight is 769 g/mol. The number of anilines is 6. The van der Waals surface area contributed by atoms with Crippen molar-refractivity contribution < 1.29 is 28.1 Å². The average Bonchev–Trinajstić information content (AvgIpc) is 3.57. The summed E-state index contributed by atoms with van der Waals surface area (Å²) in [5.74, 6) is 3.08. The Morgan fingerprint density at radius 2 is 0.776 bits per heavy atom. The van der Waals surface area contributed by atoms with E-state index in [1.807, 2.05) is 72.8 Å². The van der Waals surface area contributed by atoms with E-state index in [-0.39, 0.29) is 0 Å². The van der Waals surface area contributed by atoms with Crippen molar-refractivity contribution in [3.63, 3.8) is 0 Å². The van der Waals surface area contributed by atoms with Gasteiger partial charge in [-0.2, -0.15) is 0 Å². The monoisotopic (exact) mass is 768 g/mol. The topological polar surface area (TPSA) is 61.9 Å². The first-order valence-corrected chi connectivity index (χ1v) is 20.0. The number of hydrogen-bond acceptors (Lipinski definition) is 8. The minimum atomic E-state index is -0.618. The summed E-state index contributed by atoms with van der Waals surface area (Å²) < 4.78 is 39.8. The Hall–Kier alpha value is -5.51. The van der Waals surface area contributed by atoms with Gasteiger partial charge in [-0.15, -0.1) is 0 Å². The smallest absolute Gasteiger partial charge is 0.453 e. The Balaban J connectivity index is 1.23. The second-order valence-electron chi connectivity index (χ2n) is 17.5. The van der Waals surface area contributed by atoms with Crippen LogP contribution < -0.4 is 30.2 Å². The summed E-state index contributed by atoms with van der Waals surface area (Å²) in [6.07, 6.45) is 0. The van der Waals surface area contributed by atoms with Crippen LogP contribution in [0, 0.1) is 0 Å². The summed E-state index contributed by atoms with van der Waals surface area (Å²) in [7, 11) is -1.19. The number of fused-ring (bicyclic) bond motifs is 4. The van der Waals surface area contributed by atoms with Gasteiger partial charge in [0.2, 0.25) is 0 Å². The van der Waals surface area contributed by atoms with Crippen molar-refractivity contribution in [1.82, 2.24) is 0 Å². The molecule has 10 heteroatoms. The Morgan fingerprint density at radius 1 is 0.379 bits per heavy atom. The molecule has 0 bridgehead atoms. The molecule has 10 rings (SSSR count). The zero-order chi connectivity index (χ0) is 40.2. The highest BCUT2D eigenvalue weighted by atomic mass is 16.7. The molecule has 0 aliphatic carbocycles. The van der Waals surface area contributed by atoms with Crippen molar-refractivity contribution in [1.29, 1.82) is 0 Å². The van der Waals surface area contributed by atoms with E-state index >= 15 is 0 Å². The highest BCUT2D eigenvalue weighted by Crippen LogP contribution is 2.54. The van der Waals surface area contributed by atoms with Crippen LogP contribution in [0.15, 0.2) is 133 Å². The summed E-state index contributed by atoms with van der Waals surface area (Å²) in [6.45, 7) is 16.7. The first kappa shape index (κ1) is 36.8.